The quantitative estimate of drug-likeness (QED) is 0.750. The number of nitrogens with zero attached hydrogens (tertiary/aromatic N) is 3. The van der Waals surface area contributed by atoms with Crippen LogP contribution >= 0.6 is 0 Å². The molecular formula is C19H17N5O2. The molecule has 3 aromatic rings. The number of rotatable bonds is 4. The molecular weight excluding hydrogens is 330 g/mol. The second-order valence-electron chi connectivity index (χ2n) is 6.05. The molecule has 26 heavy (non-hydrogen) atoms. The van der Waals surface area contributed by atoms with Gasteiger partial charge in [-0.3, -0.25) is 9.59 Å². The van der Waals surface area contributed by atoms with Crippen LogP contribution in [0.15, 0.2) is 67.3 Å². The van der Waals surface area contributed by atoms with Gasteiger partial charge in [0.15, 0.2) is 0 Å². The summed E-state index contributed by atoms with van der Waals surface area (Å²) < 4.78 is 1.89. The molecule has 7 heteroatoms. The van der Waals surface area contributed by atoms with Gasteiger partial charge in [0.25, 0.3) is 5.91 Å². The highest BCUT2D eigenvalue weighted by Gasteiger charge is 2.32. The molecule has 0 spiro atoms. The van der Waals surface area contributed by atoms with E-state index >= 15 is 0 Å². The van der Waals surface area contributed by atoms with Crippen molar-refractivity contribution in [1.29, 1.82) is 0 Å². The number of aromatic nitrogens is 2. The topological polar surface area (TPSA) is 93.3 Å². The number of primary amides is 1. The highest BCUT2D eigenvalue weighted by Crippen LogP contribution is 2.32. The van der Waals surface area contributed by atoms with E-state index in [0.717, 1.165) is 11.3 Å². The Kier molecular flexibility index (Phi) is 3.89. The first-order valence-electron chi connectivity index (χ1n) is 8.16. The molecule has 1 aromatic heterocycles. The molecule has 130 valence electrons. The summed E-state index contributed by atoms with van der Waals surface area (Å²) in [7, 11) is 0. The lowest BCUT2D eigenvalue weighted by Gasteiger charge is -2.38. The zero-order valence-corrected chi connectivity index (χ0v) is 13.9. The van der Waals surface area contributed by atoms with Gasteiger partial charge in [-0.05, 0) is 29.8 Å². The van der Waals surface area contributed by atoms with Gasteiger partial charge in [0.2, 0.25) is 5.91 Å². The van der Waals surface area contributed by atoms with Crippen molar-refractivity contribution >= 4 is 17.5 Å². The Hall–Kier alpha value is -3.61. The maximum atomic E-state index is 12.5. The number of benzene rings is 2. The number of hydrogen-bond donors (Lipinski definition) is 2. The van der Waals surface area contributed by atoms with Crippen LogP contribution in [0.1, 0.15) is 22.1 Å². The van der Waals surface area contributed by atoms with Crippen LogP contribution in [0.25, 0.3) is 5.69 Å². The van der Waals surface area contributed by atoms with Crippen LogP contribution in [-0.4, -0.2) is 27.9 Å². The van der Waals surface area contributed by atoms with Crippen LogP contribution in [0.3, 0.4) is 0 Å². The number of fused-ring (bicyclic) bond motifs is 1. The van der Waals surface area contributed by atoms with Gasteiger partial charge in [-0.1, -0.05) is 24.3 Å². The summed E-state index contributed by atoms with van der Waals surface area (Å²) in [5.41, 5.74) is 8.47. The molecule has 3 N–H and O–H groups in total. The van der Waals surface area contributed by atoms with Crippen LogP contribution in [0.5, 0.6) is 0 Å². The normalized spacial score (nSPS) is 16.1. The summed E-state index contributed by atoms with van der Waals surface area (Å²) in [6.45, 7) is 0.00519. The second-order valence-corrected chi connectivity index (χ2v) is 6.05. The third-order valence-electron chi connectivity index (χ3n) is 4.38. The zero-order valence-electron chi connectivity index (χ0n) is 13.9. The van der Waals surface area contributed by atoms with Crippen LogP contribution in [0.2, 0.25) is 0 Å². The number of nitrogens with two attached hydrogens (primary N) is 1. The molecule has 2 amide bonds. The fraction of sp³-hybridized carbons (Fsp3) is 0.105. The zero-order chi connectivity index (χ0) is 18.1. The van der Waals surface area contributed by atoms with Crippen LogP contribution in [0.4, 0.5) is 5.69 Å². The molecule has 0 fully saturated rings. The molecule has 7 nitrogen and oxygen atoms in total. The van der Waals surface area contributed by atoms with Crippen molar-refractivity contribution in [2.75, 3.05) is 11.4 Å². The van der Waals surface area contributed by atoms with E-state index in [9.17, 15) is 9.59 Å². The smallest absolute Gasteiger partial charge is 0.255 e. The number of carbonyl (C=O) groups excluding carboxylic acids is 2. The predicted octanol–water partition coefficient (Wildman–Crippen LogP) is 1.61. The average molecular weight is 347 g/mol. The number of carbonyl (C=O) groups is 2. The van der Waals surface area contributed by atoms with Gasteiger partial charge in [0, 0.05) is 18.1 Å². The van der Waals surface area contributed by atoms with Crippen molar-refractivity contribution in [3.63, 3.8) is 0 Å². The molecule has 1 unspecified atom stereocenters. The fourth-order valence-corrected chi connectivity index (χ4v) is 3.18. The molecule has 0 aliphatic carbocycles. The predicted molar refractivity (Wildman–Crippen MR) is 96.8 cm³/mol. The molecule has 0 radical (unpaired) electrons. The summed E-state index contributed by atoms with van der Waals surface area (Å²) >= 11 is 0. The Morgan fingerprint density at radius 2 is 1.92 bits per heavy atom. The third-order valence-corrected chi connectivity index (χ3v) is 4.38. The van der Waals surface area contributed by atoms with Crippen molar-refractivity contribution in [2.24, 2.45) is 5.73 Å². The highest BCUT2D eigenvalue weighted by molar-refractivity contribution is 6.02. The number of imidazole rings is 1. The first-order chi connectivity index (χ1) is 12.6. The van der Waals surface area contributed by atoms with E-state index < -0.39 is 12.1 Å². The van der Waals surface area contributed by atoms with E-state index in [-0.39, 0.29) is 12.5 Å². The number of amides is 2. The van der Waals surface area contributed by atoms with E-state index in [0.29, 0.717) is 11.3 Å². The molecule has 2 heterocycles. The largest absolute Gasteiger partial charge is 0.368 e. The Balaban J connectivity index is 1.72. The summed E-state index contributed by atoms with van der Waals surface area (Å²) in [6.07, 6.45) is 4.81. The van der Waals surface area contributed by atoms with Crippen LogP contribution < -0.4 is 16.0 Å². The SMILES string of the molecule is NC(=O)CN1c2ccccc2C(=O)NC1c1ccc(-n2ccnc2)cc1. The minimum atomic E-state index is -0.471. The summed E-state index contributed by atoms with van der Waals surface area (Å²) in [5, 5.41) is 2.96. The summed E-state index contributed by atoms with van der Waals surface area (Å²) in [4.78, 5) is 29.9. The van der Waals surface area contributed by atoms with Crippen molar-refractivity contribution < 1.29 is 9.59 Å². The molecule has 0 saturated heterocycles. The number of nitrogens with one attached hydrogen (secondary N) is 1. The van der Waals surface area contributed by atoms with E-state index in [1.54, 1.807) is 24.7 Å². The third kappa shape index (κ3) is 2.79. The standard InChI is InChI=1S/C19H17N5O2/c20-17(25)11-24-16-4-2-1-3-15(16)19(26)22-18(24)13-5-7-14(8-6-13)23-10-9-21-12-23/h1-10,12,18H,11H2,(H2,20,25)(H,22,26). The van der Waals surface area contributed by atoms with Gasteiger partial charge in [-0.15, -0.1) is 0 Å². The summed E-state index contributed by atoms with van der Waals surface area (Å²) in [6, 6.07) is 14.9. The lowest BCUT2D eigenvalue weighted by molar-refractivity contribution is -0.116. The Morgan fingerprint density at radius 3 is 2.62 bits per heavy atom. The fourth-order valence-electron chi connectivity index (χ4n) is 3.18. The van der Waals surface area contributed by atoms with E-state index in [1.165, 1.54) is 0 Å². The van der Waals surface area contributed by atoms with Gasteiger partial charge >= 0.3 is 0 Å². The van der Waals surface area contributed by atoms with E-state index in [1.807, 2.05) is 52.1 Å². The van der Waals surface area contributed by atoms with Crippen molar-refractivity contribution in [3.8, 4) is 5.69 Å². The molecule has 0 saturated carbocycles. The van der Waals surface area contributed by atoms with Crippen LogP contribution in [0, 0.1) is 0 Å². The number of anilines is 1. The van der Waals surface area contributed by atoms with Crippen molar-refractivity contribution in [2.45, 2.75) is 6.17 Å². The van der Waals surface area contributed by atoms with E-state index in [4.69, 9.17) is 5.73 Å². The lowest BCUT2D eigenvalue weighted by atomic mass is 10.0. The first-order valence-corrected chi connectivity index (χ1v) is 8.16. The van der Waals surface area contributed by atoms with Gasteiger partial charge < -0.3 is 20.5 Å². The maximum Gasteiger partial charge on any atom is 0.255 e. The second kappa shape index (κ2) is 6.36. The molecule has 0 bridgehead atoms. The first kappa shape index (κ1) is 15.9. The minimum absolute atomic E-state index is 0.00519. The maximum absolute atomic E-state index is 12.5. The molecule has 1 aliphatic heterocycles. The monoisotopic (exact) mass is 347 g/mol. The van der Waals surface area contributed by atoms with Gasteiger partial charge in [0.1, 0.15) is 6.17 Å². The van der Waals surface area contributed by atoms with E-state index in [2.05, 4.69) is 10.3 Å². The Bertz CT molecular complexity index is 950. The van der Waals surface area contributed by atoms with Crippen LogP contribution in [-0.2, 0) is 4.79 Å². The molecule has 4 rings (SSSR count). The highest BCUT2D eigenvalue weighted by atomic mass is 16.2. The Morgan fingerprint density at radius 1 is 1.15 bits per heavy atom. The van der Waals surface area contributed by atoms with Crippen molar-refractivity contribution in [3.05, 3.63) is 78.4 Å². The minimum Gasteiger partial charge on any atom is -0.368 e. The summed E-state index contributed by atoms with van der Waals surface area (Å²) in [5.74, 6) is -0.638. The van der Waals surface area contributed by atoms with Gasteiger partial charge in [-0.2, -0.15) is 0 Å². The van der Waals surface area contributed by atoms with Crippen molar-refractivity contribution in [1.82, 2.24) is 14.9 Å². The molecule has 1 atom stereocenters. The average Bonchev–Trinajstić information content (AvgIpc) is 3.19. The lowest BCUT2D eigenvalue weighted by Crippen LogP contribution is -2.49. The number of para-hydroxylation sites is 1. The molecule has 2 aromatic carbocycles. The van der Waals surface area contributed by atoms with Gasteiger partial charge in [-0.25, -0.2) is 4.98 Å². The number of hydrogen-bond acceptors (Lipinski definition) is 4. The van der Waals surface area contributed by atoms with Gasteiger partial charge in [0.05, 0.1) is 24.1 Å². The molecule has 1 aliphatic rings. The Labute approximate surface area is 150 Å².